The lowest BCUT2D eigenvalue weighted by atomic mass is 9.71. The Morgan fingerprint density at radius 3 is 2.67 bits per heavy atom. The van der Waals surface area contributed by atoms with Crippen molar-refractivity contribution in [3.63, 3.8) is 0 Å². The quantitative estimate of drug-likeness (QED) is 0.688. The van der Waals surface area contributed by atoms with E-state index in [0.29, 0.717) is 0 Å². The summed E-state index contributed by atoms with van der Waals surface area (Å²) in [6.45, 7) is 2.33. The lowest BCUT2D eigenvalue weighted by Gasteiger charge is -2.34. The highest BCUT2D eigenvalue weighted by atomic mass is 19.1. The molecule has 0 unspecified atom stereocenters. The number of hydrogen-bond donors (Lipinski definition) is 0. The van der Waals surface area contributed by atoms with Gasteiger partial charge in [-0.2, -0.15) is 0 Å². The van der Waals surface area contributed by atoms with Crippen LogP contribution in [0.2, 0.25) is 0 Å². The smallest absolute Gasteiger partial charge is 0.223 e. The van der Waals surface area contributed by atoms with E-state index in [9.17, 15) is 9.18 Å². The van der Waals surface area contributed by atoms with Gasteiger partial charge < -0.3 is 4.90 Å². The van der Waals surface area contributed by atoms with Crippen LogP contribution in [0.25, 0.3) is 0 Å². The van der Waals surface area contributed by atoms with Gasteiger partial charge >= 0.3 is 0 Å². The number of halogens is 1. The minimum atomic E-state index is -0.191. The van der Waals surface area contributed by atoms with Crippen molar-refractivity contribution in [2.45, 2.75) is 44.4 Å². The normalized spacial score (nSPS) is 21.1. The third kappa shape index (κ3) is 1.64. The second-order valence-corrected chi connectivity index (χ2v) is 5.61. The summed E-state index contributed by atoms with van der Waals surface area (Å²) in [6, 6.07) is 4.86. The van der Waals surface area contributed by atoms with E-state index in [-0.39, 0.29) is 17.1 Å². The fourth-order valence-electron chi connectivity index (χ4n) is 3.58. The topological polar surface area (TPSA) is 20.3 Å². The van der Waals surface area contributed by atoms with E-state index >= 15 is 0 Å². The molecule has 0 saturated heterocycles. The summed E-state index contributed by atoms with van der Waals surface area (Å²) < 4.78 is 13.5. The van der Waals surface area contributed by atoms with E-state index in [2.05, 4.69) is 0 Å². The summed E-state index contributed by atoms with van der Waals surface area (Å²) in [5.74, 6) is -0.130. The molecule has 0 aromatic heterocycles. The number of carbonyl (C=O) groups excluding carboxylic acids is 1. The molecule has 0 bridgehead atoms. The highest BCUT2D eigenvalue weighted by Crippen LogP contribution is 2.49. The van der Waals surface area contributed by atoms with Crippen LogP contribution in [-0.2, 0) is 10.2 Å². The number of amides is 1. The molecule has 1 aromatic rings. The third-order valence-electron chi connectivity index (χ3n) is 4.47. The molecule has 1 fully saturated rings. The monoisotopic (exact) mass is 247 g/mol. The molecule has 1 amide bonds. The van der Waals surface area contributed by atoms with Crippen molar-refractivity contribution in [3.8, 4) is 0 Å². The maximum Gasteiger partial charge on any atom is 0.223 e. The summed E-state index contributed by atoms with van der Waals surface area (Å²) in [5, 5.41) is 0. The zero-order valence-electron chi connectivity index (χ0n) is 10.7. The van der Waals surface area contributed by atoms with Gasteiger partial charge in [-0.05, 0) is 36.6 Å². The van der Waals surface area contributed by atoms with E-state index in [1.54, 1.807) is 19.1 Å². The minimum Gasteiger partial charge on any atom is -0.311 e. The van der Waals surface area contributed by atoms with Gasteiger partial charge in [-0.15, -0.1) is 0 Å². The molecule has 1 aromatic carbocycles. The van der Waals surface area contributed by atoms with Gasteiger partial charge in [0.25, 0.3) is 0 Å². The molecule has 2 aliphatic rings. The molecule has 3 rings (SSSR count). The van der Waals surface area contributed by atoms with Gasteiger partial charge in [0, 0.05) is 24.6 Å². The highest BCUT2D eigenvalue weighted by molar-refractivity contribution is 5.94. The Hall–Kier alpha value is -1.38. The first-order valence-electron chi connectivity index (χ1n) is 6.71. The van der Waals surface area contributed by atoms with E-state index in [1.807, 2.05) is 4.90 Å². The lowest BCUT2D eigenvalue weighted by molar-refractivity contribution is -0.116. The van der Waals surface area contributed by atoms with E-state index in [4.69, 9.17) is 0 Å². The number of carbonyl (C=O) groups is 1. The molecule has 0 N–H and O–H groups in total. The summed E-state index contributed by atoms with van der Waals surface area (Å²) in [5.41, 5.74) is 1.99. The maximum absolute atomic E-state index is 13.5. The van der Waals surface area contributed by atoms with Crippen LogP contribution in [0.1, 0.15) is 44.6 Å². The molecule has 1 aliphatic heterocycles. The summed E-state index contributed by atoms with van der Waals surface area (Å²) >= 11 is 0. The average Bonchev–Trinajstić information content (AvgIpc) is 2.65. The van der Waals surface area contributed by atoms with Crippen molar-refractivity contribution >= 4 is 11.6 Å². The third-order valence-corrected chi connectivity index (χ3v) is 4.47. The molecular formula is C15H18FNO. The number of fused-ring (bicyclic) bond motifs is 2. The van der Waals surface area contributed by atoms with Crippen LogP contribution in [0.15, 0.2) is 18.2 Å². The molecule has 1 heterocycles. The van der Waals surface area contributed by atoms with Gasteiger partial charge in [-0.3, -0.25) is 4.79 Å². The molecule has 2 nitrogen and oxygen atoms in total. The first kappa shape index (κ1) is 11.7. The van der Waals surface area contributed by atoms with Crippen molar-refractivity contribution in [2.24, 2.45) is 0 Å². The van der Waals surface area contributed by atoms with Crippen LogP contribution in [0.4, 0.5) is 10.1 Å². The molecule has 0 atom stereocenters. The Morgan fingerprint density at radius 1 is 1.28 bits per heavy atom. The van der Waals surface area contributed by atoms with Crippen molar-refractivity contribution in [1.82, 2.24) is 0 Å². The molecule has 18 heavy (non-hydrogen) atoms. The van der Waals surface area contributed by atoms with Crippen LogP contribution in [0.5, 0.6) is 0 Å². The number of hydrogen-bond acceptors (Lipinski definition) is 1. The fraction of sp³-hybridized carbons (Fsp3) is 0.533. The second kappa shape index (κ2) is 4.08. The molecule has 1 spiro atoms. The van der Waals surface area contributed by atoms with Crippen molar-refractivity contribution in [3.05, 3.63) is 29.6 Å². The van der Waals surface area contributed by atoms with Gasteiger partial charge in [-0.25, -0.2) is 4.39 Å². The Kier molecular flexibility index (Phi) is 2.65. The van der Waals surface area contributed by atoms with Crippen LogP contribution < -0.4 is 4.90 Å². The molecule has 1 aliphatic carbocycles. The standard InChI is InChI=1S/C15H18FNO/c1-11(18)17-10-15(7-3-2-4-8-15)13-9-12(16)5-6-14(13)17/h5-6,9H,2-4,7-8,10H2,1H3. The summed E-state index contributed by atoms with van der Waals surface area (Å²) in [6.07, 6.45) is 5.77. The van der Waals surface area contributed by atoms with E-state index in [1.165, 1.54) is 25.3 Å². The number of anilines is 1. The van der Waals surface area contributed by atoms with Crippen molar-refractivity contribution in [1.29, 1.82) is 0 Å². The second-order valence-electron chi connectivity index (χ2n) is 5.61. The van der Waals surface area contributed by atoms with Crippen molar-refractivity contribution < 1.29 is 9.18 Å². The Bertz CT molecular complexity index is 491. The van der Waals surface area contributed by atoms with Crippen LogP contribution in [0, 0.1) is 5.82 Å². The highest BCUT2D eigenvalue weighted by Gasteiger charge is 2.44. The predicted molar refractivity (Wildman–Crippen MR) is 69.2 cm³/mol. The van der Waals surface area contributed by atoms with Gasteiger partial charge in [-0.1, -0.05) is 19.3 Å². The molecule has 0 radical (unpaired) electrons. The van der Waals surface area contributed by atoms with Crippen LogP contribution in [0.3, 0.4) is 0 Å². The zero-order valence-corrected chi connectivity index (χ0v) is 10.7. The summed E-state index contributed by atoms with van der Waals surface area (Å²) in [7, 11) is 0. The lowest BCUT2D eigenvalue weighted by Crippen LogP contribution is -2.37. The first-order chi connectivity index (χ1) is 8.62. The molecule has 1 saturated carbocycles. The first-order valence-corrected chi connectivity index (χ1v) is 6.71. The van der Waals surface area contributed by atoms with E-state index < -0.39 is 0 Å². The Morgan fingerprint density at radius 2 is 2.00 bits per heavy atom. The Labute approximate surface area is 107 Å². The fourth-order valence-corrected chi connectivity index (χ4v) is 3.58. The molecule has 3 heteroatoms. The zero-order chi connectivity index (χ0) is 12.8. The van der Waals surface area contributed by atoms with Crippen LogP contribution >= 0.6 is 0 Å². The number of nitrogens with zero attached hydrogens (tertiary/aromatic N) is 1. The minimum absolute atomic E-state index is 0.0152. The van der Waals surface area contributed by atoms with Gasteiger partial charge in [0.2, 0.25) is 5.91 Å². The van der Waals surface area contributed by atoms with Crippen molar-refractivity contribution in [2.75, 3.05) is 11.4 Å². The van der Waals surface area contributed by atoms with Crippen LogP contribution in [-0.4, -0.2) is 12.5 Å². The Balaban J connectivity index is 2.10. The molecular weight excluding hydrogens is 229 g/mol. The maximum atomic E-state index is 13.5. The SMILES string of the molecule is CC(=O)N1CC2(CCCCC2)c2cc(F)ccc21. The number of benzene rings is 1. The van der Waals surface area contributed by atoms with Gasteiger partial charge in [0.1, 0.15) is 5.82 Å². The van der Waals surface area contributed by atoms with E-state index in [0.717, 1.165) is 30.6 Å². The largest absolute Gasteiger partial charge is 0.311 e. The summed E-state index contributed by atoms with van der Waals surface area (Å²) in [4.78, 5) is 13.6. The van der Waals surface area contributed by atoms with Gasteiger partial charge in [0.05, 0.1) is 0 Å². The average molecular weight is 247 g/mol. The number of rotatable bonds is 0. The van der Waals surface area contributed by atoms with Gasteiger partial charge in [0.15, 0.2) is 0 Å². The molecule has 96 valence electrons. The predicted octanol–water partition coefficient (Wildman–Crippen LogP) is 3.39.